The molecule has 2 aromatic rings. The smallest absolute Gasteiger partial charge is 0.262 e. The molecule has 0 bridgehead atoms. The van der Waals surface area contributed by atoms with Crippen LogP contribution in [0.25, 0.3) is 0 Å². The molecular weight excluding hydrogens is 280 g/mol. The maximum atomic E-state index is 11.9. The molecule has 3 N–H and O–H groups in total. The van der Waals surface area contributed by atoms with Gasteiger partial charge >= 0.3 is 0 Å². The number of hydrogen-bond acceptors (Lipinski definition) is 3. The van der Waals surface area contributed by atoms with Gasteiger partial charge in [0.25, 0.3) is 11.8 Å². The molecule has 0 spiro atoms. The molecule has 0 radical (unpaired) electrons. The molecule has 2 aromatic carbocycles. The Kier molecular flexibility index (Phi) is 4.78. The van der Waals surface area contributed by atoms with Crippen molar-refractivity contribution in [3.8, 4) is 5.75 Å². The zero-order valence-corrected chi connectivity index (χ0v) is 12.6. The van der Waals surface area contributed by atoms with Crippen LogP contribution in [0.1, 0.15) is 21.5 Å². The summed E-state index contributed by atoms with van der Waals surface area (Å²) in [5, 5.41) is 2.63. The van der Waals surface area contributed by atoms with Crippen molar-refractivity contribution >= 4 is 17.5 Å². The van der Waals surface area contributed by atoms with Crippen LogP contribution < -0.4 is 15.8 Å². The van der Waals surface area contributed by atoms with Crippen LogP contribution in [-0.2, 0) is 4.79 Å². The van der Waals surface area contributed by atoms with Crippen LogP contribution in [0.5, 0.6) is 5.75 Å². The largest absolute Gasteiger partial charge is 0.484 e. The van der Waals surface area contributed by atoms with Crippen LogP contribution in [0.15, 0.2) is 42.5 Å². The maximum absolute atomic E-state index is 11.9. The van der Waals surface area contributed by atoms with Gasteiger partial charge in [-0.3, -0.25) is 9.59 Å². The number of nitrogens with one attached hydrogen (secondary N) is 1. The molecule has 0 aliphatic heterocycles. The summed E-state index contributed by atoms with van der Waals surface area (Å²) < 4.78 is 5.47. The third-order valence-corrected chi connectivity index (χ3v) is 3.03. The average Bonchev–Trinajstić information content (AvgIpc) is 2.44. The minimum atomic E-state index is -0.592. The first kappa shape index (κ1) is 15.6. The van der Waals surface area contributed by atoms with Crippen LogP contribution in [0.3, 0.4) is 0 Å². The van der Waals surface area contributed by atoms with Crippen LogP contribution in [-0.4, -0.2) is 18.4 Å². The number of ether oxygens (including phenoxy) is 1. The average molecular weight is 298 g/mol. The lowest BCUT2D eigenvalue weighted by molar-refractivity contribution is -0.118. The van der Waals surface area contributed by atoms with E-state index < -0.39 is 5.91 Å². The van der Waals surface area contributed by atoms with Gasteiger partial charge in [0.05, 0.1) is 11.3 Å². The Hall–Kier alpha value is -2.82. The first-order valence-electron chi connectivity index (χ1n) is 6.85. The lowest BCUT2D eigenvalue weighted by Crippen LogP contribution is -2.22. The highest BCUT2D eigenvalue weighted by molar-refractivity contribution is 6.03. The Morgan fingerprint density at radius 2 is 1.73 bits per heavy atom. The topological polar surface area (TPSA) is 81.4 Å². The lowest BCUT2D eigenvalue weighted by atomic mass is 10.1. The van der Waals surface area contributed by atoms with Gasteiger partial charge in [0.2, 0.25) is 0 Å². The number of carbonyl (C=O) groups is 2. The number of para-hydroxylation sites is 1. The molecule has 0 atom stereocenters. The van der Waals surface area contributed by atoms with E-state index in [-0.39, 0.29) is 18.1 Å². The number of benzene rings is 2. The zero-order valence-electron chi connectivity index (χ0n) is 12.6. The fourth-order valence-electron chi connectivity index (χ4n) is 2.16. The van der Waals surface area contributed by atoms with Crippen molar-refractivity contribution in [2.24, 2.45) is 5.73 Å². The van der Waals surface area contributed by atoms with E-state index >= 15 is 0 Å². The SMILES string of the molecule is Cc1cc(C)cc(OCC(=O)Nc2ccccc2C(N)=O)c1. The molecule has 0 aliphatic carbocycles. The molecule has 5 heteroatoms. The van der Waals surface area contributed by atoms with Crippen molar-refractivity contribution in [1.29, 1.82) is 0 Å². The van der Waals surface area contributed by atoms with Crippen molar-refractivity contribution in [1.82, 2.24) is 0 Å². The summed E-state index contributed by atoms with van der Waals surface area (Å²) in [7, 11) is 0. The van der Waals surface area contributed by atoms with Crippen LogP contribution >= 0.6 is 0 Å². The van der Waals surface area contributed by atoms with Crippen LogP contribution in [0.2, 0.25) is 0 Å². The number of carbonyl (C=O) groups excluding carboxylic acids is 2. The summed E-state index contributed by atoms with van der Waals surface area (Å²) in [5.41, 5.74) is 8.04. The van der Waals surface area contributed by atoms with Gasteiger partial charge in [0.1, 0.15) is 5.75 Å². The molecule has 114 valence electrons. The summed E-state index contributed by atoms with van der Waals surface area (Å²) in [6, 6.07) is 12.3. The van der Waals surface area contributed by atoms with Gasteiger partial charge in [-0.15, -0.1) is 0 Å². The summed E-state index contributed by atoms with van der Waals surface area (Å²) in [6.07, 6.45) is 0. The van der Waals surface area contributed by atoms with E-state index in [2.05, 4.69) is 5.32 Å². The number of rotatable bonds is 5. The second-order valence-electron chi connectivity index (χ2n) is 5.07. The monoisotopic (exact) mass is 298 g/mol. The minimum Gasteiger partial charge on any atom is -0.484 e. The van der Waals surface area contributed by atoms with E-state index in [0.717, 1.165) is 11.1 Å². The van der Waals surface area contributed by atoms with Gasteiger partial charge in [-0.25, -0.2) is 0 Å². The second kappa shape index (κ2) is 6.76. The van der Waals surface area contributed by atoms with Crippen LogP contribution in [0, 0.1) is 13.8 Å². The lowest BCUT2D eigenvalue weighted by Gasteiger charge is -2.10. The minimum absolute atomic E-state index is 0.143. The normalized spacial score (nSPS) is 10.1. The van der Waals surface area contributed by atoms with Crippen molar-refractivity contribution in [3.05, 3.63) is 59.2 Å². The van der Waals surface area contributed by atoms with Gasteiger partial charge in [0, 0.05) is 0 Å². The standard InChI is InChI=1S/C17H18N2O3/c1-11-7-12(2)9-13(8-11)22-10-16(20)19-15-6-4-3-5-14(15)17(18)21/h3-9H,10H2,1-2H3,(H2,18,21)(H,19,20). The quantitative estimate of drug-likeness (QED) is 0.889. The number of nitrogens with two attached hydrogens (primary N) is 1. The molecule has 2 rings (SSSR count). The van der Waals surface area contributed by atoms with Crippen molar-refractivity contribution in [2.45, 2.75) is 13.8 Å². The molecule has 0 saturated heterocycles. The van der Waals surface area contributed by atoms with Gasteiger partial charge in [-0.2, -0.15) is 0 Å². The fraction of sp³-hybridized carbons (Fsp3) is 0.176. The number of aryl methyl sites for hydroxylation is 2. The highest BCUT2D eigenvalue weighted by Crippen LogP contribution is 2.17. The Balaban J connectivity index is 2.00. The summed E-state index contributed by atoms with van der Waals surface area (Å²) in [4.78, 5) is 23.2. The first-order valence-corrected chi connectivity index (χ1v) is 6.85. The summed E-state index contributed by atoms with van der Waals surface area (Å²) >= 11 is 0. The molecule has 22 heavy (non-hydrogen) atoms. The zero-order chi connectivity index (χ0) is 16.1. The van der Waals surface area contributed by atoms with Crippen molar-refractivity contribution in [2.75, 3.05) is 11.9 Å². The Labute approximate surface area is 129 Å². The molecule has 0 aromatic heterocycles. The van der Waals surface area contributed by atoms with E-state index in [9.17, 15) is 9.59 Å². The van der Waals surface area contributed by atoms with Gasteiger partial charge in [0.15, 0.2) is 6.61 Å². The van der Waals surface area contributed by atoms with E-state index in [1.54, 1.807) is 24.3 Å². The molecular formula is C17H18N2O3. The molecule has 0 unspecified atom stereocenters. The number of anilines is 1. The molecule has 2 amide bonds. The molecule has 0 fully saturated rings. The summed E-state index contributed by atoms with van der Waals surface area (Å²) in [5.74, 6) is -0.310. The second-order valence-corrected chi connectivity index (χ2v) is 5.07. The predicted molar refractivity (Wildman–Crippen MR) is 85.0 cm³/mol. The third kappa shape index (κ3) is 4.09. The number of primary amides is 1. The maximum Gasteiger partial charge on any atom is 0.262 e. The molecule has 0 saturated carbocycles. The van der Waals surface area contributed by atoms with E-state index in [1.807, 2.05) is 32.0 Å². The summed E-state index contributed by atoms with van der Waals surface area (Å²) in [6.45, 7) is 3.78. The Bertz CT molecular complexity index is 691. The van der Waals surface area contributed by atoms with E-state index in [4.69, 9.17) is 10.5 Å². The fourth-order valence-corrected chi connectivity index (χ4v) is 2.16. The van der Waals surface area contributed by atoms with Gasteiger partial charge in [-0.1, -0.05) is 18.2 Å². The van der Waals surface area contributed by atoms with Crippen molar-refractivity contribution in [3.63, 3.8) is 0 Å². The van der Waals surface area contributed by atoms with Crippen LogP contribution in [0.4, 0.5) is 5.69 Å². The third-order valence-electron chi connectivity index (χ3n) is 3.03. The Morgan fingerprint density at radius 1 is 1.09 bits per heavy atom. The highest BCUT2D eigenvalue weighted by Gasteiger charge is 2.10. The van der Waals surface area contributed by atoms with E-state index in [0.29, 0.717) is 11.4 Å². The Morgan fingerprint density at radius 3 is 2.36 bits per heavy atom. The molecule has 0 aliphatic rings. The van der Waals surface area contributed by atoms with Gasteiger partial charge < -0.3 is 15.8 Å². The molecule has 0 heterocycles. The predicted octanol–water partition coefficient (Wildman–Crippen LogP) is 2.42. The van der Waals surface area contributed by atoms with Gasteiger partial charge in [-0.05, 0) is 49.2 Å². The highest BCUT2D eigenvalue weighted by atomic mass is 16.5. The molecule has 5 nitrogen and oxygen atoms in total. The first-order chi connectivity index (χ1) is 10.5. The van der Waals surface area contributed by atoms with Crippen molar-refractivity contribution < 1.29 is 14.3 Å². The number of hydrogen-bond donors (Lipinski definition) is 2. The van der Waals surface area contributed by atoms with E-state index in [1.165, 1.54) is 0 Å². The number of amides is 2.